The zero-order chi connectivity index (χ0) is 18.1. The van der Waals surface area contributed by atoms with E-state index in [9.17, 15) is 4.39 Å². The summed E-state index contributed by atoms with van der Waals surface area (Å²) in [5.74, 6) is 0.171. The molecule has 1 fully saturated rings. The van der Waals surface area contributed by atoms with E-state index >= 15 is 0 Å². The van der Waals surface area contributed by atoms with Crippen LogP contribution in [0.3, 0.4) is 0 Å². The Bertz CT molecular complexity index is 898. The molecule has 1 N–H and O–H groups in total. The molecule has 0 amide bonds. The predicted octanol–water partition coefficient (Wildman–Crippen LogP) is 3.47. The lowest BCUT2D eigenvalue weighted by atomic mass is 10.0. The molecule has 0 atom stereocenters. The highest BCUT2D eigenvalue weighted by Crippen LogP contribution is 2.26. The van der Waals surface area contributed by atoms with Crippen LogP contribution in [0.25, 0.3) is 5.65 Å². The molecule has 4 rings (SSSR count). The molecular weight excluding hydrogens is 331 g/mol. The molecule has 0 unspecified atom stereocenters. The zero-order valence-electron chi connectivity index (χ0n) is 15.1. The molecule has 3 heterocycles. The number of piperidine rings is 1. The fraction of sp³-hybridized carbons (Fsp3) is 0.421. The second-order valence-corrected chi connectivity index (χ2v) is 7.09. The van der Waals surface area contributed by atoms with Crippen molar-refractivity contribution in [2.24, 2.45) is 0 Å². The first kappa shape index (κ1) is 16.8. The number of anilines is 2. The van der Waals surface area contributed by atoms with E-state index in [1.807, 2.05) is 12.1 Å². The number of para-hydroxylation sites is 1. The average molecular weight is 354 g/mol. The van der Waals surface area contributed by atoms with Crippen LogP contribution in [0.1, 0.15) is 38.3 Å². The Hall–Kier alpha value is -2.70. The van der Waals surface area contributed by atoms with Crippen LogP contribution in [0.4, 0.5) is 15.8 Å². The van der Waals surface area contributed by atoms with E-state index in [1.54, 1.807) is 16.9 Å². The molecule has 1 aliphatic heterocycles. The van der Waals surface area contributed by atoms with Gasteiger partial charge in [0.05, 0.1) is 17.1 Å². The summed E-state index contributed by atoms with van der Waals surface area (Å²) in [6.45, 7) is 5.89. The van der Waals surface area contributed by atoms with Gasteiger partial charge in [-0.05, 0) is 37.0 Å². The van der Waals surface area contributed by atoms with Crippen molar-refractivity contribution < 1.29 is 4.39 Å². The monoisotopic (exact) mass is 354 g/mol. The number of halogens is 1. The SMILES string of the molecule is CC(C)c1cc(NC2CCN(c3ccccc3F)CC2)c2nncn2n1. The molecule has 136 valence electrons. The van der Waals surface area contributed by atoms with Crippen LogP contribution in [0, 0.1) is 5.82 Å². The van der Waals surface area contributed by atoms with Crippen molar-refractivity contribution in [2.45, 2.75) is 38.6 Å². The quantitative estimate of drug-likeness (QED) is 0.777. The summed E-state index contributed by atoms with van der Waals surface area (Å²) in [5, 5.41) is 16.3. The summed E-state index contributed by atoms with van der Waals surface area (Å²) < 4.78 is 15.7. The van der Waals surface area contributed by atoms with Crippen molar-refractivity contribution in [3.05, 3.63) is 48.2 Å². The molecule has 1 aromatic carbocycles. The molecule has 0 bridgehead atoms. The van der Waals surface area contributed by atoms with Gasteiger partial charge in [0, 0.05) is 19.1 Å². The summed E-state index contributed by atoms with van der Waals surface area (Å²) >= 11 is 0. The highest BCUT2D eigenvalue weighted by atomic mass is 19.1. The largest absolute Gasteiger partial charge is 0.379 e. The first-order valence-electron chi connectivity index (χ1n) is 9.09. The summed E-state index contributed by atoms with van der Waals surface area (Å²) in [6.07, 6.45) is 3.51. The molecule has 2 aromatic heterocycles. The van der Waals surface area contributed by atoms with Crippen molar-refractivity contribution in [3.8, 4) is 0 Å². The van der Waals surface area contributed by atoms with Crippen LogP contribution < -0.4 is 10.2 Å². The number of nitrogens with zero attached hydrogens (tertiary/aromatic N) is 5. The number of benzene rings is 1. The fourth-order valence-electron chi connectivity index (χ4n) is 3.43. The zero-order valence-corrected chi connectivity index (χ0v) is 15.1. The number of fused-ring (bicyclic) bond motifs is 1. The van der Waals surface area contributed by atoms with E-state index in [4.69, 9.17) is 0 Å². The predicted molar refractivity (Wildman–Crippen MR) is 100 cm³/mol. The minimum atomic E-state index is -0.153. The van der Waals surface area contributed by atoms with E-state index in [-0.39, 0.29) is 5.82 Å². The molecule has 6 nitrogen and oxygen atoms in total. The number of hydrogen-bond donors (Lipinski definition) is 1. The summed E-state index contributed by atoms with van der Waals surface area (Å²) in [4.78, 5) is 2.12. The van der Waals surface area contributed by atoms with Gasteiger partial charge in [-0.1, -0.05) is 26.0 Å². The number of nitrogens with one attached hydrogen (secondary N) is 1. The Morgan fingerprint density at radius 2 is 1.96 bits per heavy atom. The topological polar surface area (TPSA) is 58.3 Å². The highest BCUT2D eigenvalue weighted by Gasteiger charge is 2.22. The van der Waals surface area contributed by atoms with E-state index in [0.717, 1.165) is 43.0 Å². The van der Waals surface area contributed by atoms with Crippen molar-refractivity contribution in [1.29, 1.82) is 0 Å². The van der Waals surface area contributed by atoms with Crippen LogP contribution >= 0.6 is 0 Å². The maximum atomic E-state index is 14.0. The van der Waals surface area contributed by atoms with Crippen molar-refractivity contribution >= 4 is 17.0 Å². The molecule has 3 aromatic rings. The first-order chi connectivity index (χ1) is 12.6. The van der Waals surface area contributed by atoms with Crippen LogP contribution in [-0.2, 0) is 0 Å². The second-order valence-electron chi connectivity index (χ2n) is 7.09. The molecule has 1 aliphatic rings. The van der Waals surface area contributed by atoms with Crippen LogP contribution in [0.5, 0.6) is 0 Å². The van der Waals surface area contributed by atoms with Gasteiger partial charge in [-0.15, -0.1) is 10.2 Å². The van der Waals surface area contributed by atoms with Gasteiger partial charge in [-0.2, -0.15) is 9.61 Å². The summed E-state index contributed by atoms with van der Waals surface area (Å²) in [5.41, 5.74) is 3.40. The van der Waals surface area contributed by atoms with Crippen molar-refractivity contribution in [3.63, 3.8) is 0 Å². The molecular formula is C19H23FN6. The second kappa shape index (κ2) is 6.90. The van der Waals surface area contributed by atoms with Crippen molar-refractivity contribution in [1.82, 2.24) is 19.8 Å². The van der Waals surface area contributed by atoms with Gasteiger partial charge >= 0.3 is 0 Å². The molecule has 0 saturated carbocycles. The van der Waals surface area contributed by atoms with E-state index in [0.29, 0.717) is 17.6 Å². The molecule has 0 spiro atoms. The van der Waals surface area contributed by atoms with Crippen LogP contribution in [-0.4, -0.2) is 38.9 Å². The van der Waals surface area contributed by atoms with E-state index < -0.39 is 0 Å². The van der Waals surface area contributed by atoms with Gasteiger partial charge in [0.25, 0.3) is 0 Å². The molecule has 26 heavy (non-hydrogen) atoms. The van der Waals surface area contributed by atoms with Gasteiger partial charge in [0.1, 0.15) is 12.1 Å². The summed E-state index contributed by atoms with van der Waals surface area (Å²) in [6, 6.07) is 9.37. The van der Waals surface area contributed by atoms with E-state index in [2.05, 4.69) is 45.4 Å². The first-order valence-corrected chi connectivity index (χ1v) is 9.09. The third-order valence-electron chi connectivity index (χ3n) is 4.93. The smallest absolute Gasteiger partial charge is 0.200 e. The van der Waals surface area contributed by atoms with Gasteiger partial charge in [0.2, 0.25) is 5.65 Å². The van der Waals surface area contributed by atoms with Gasteiger partial charge < -0.3 is 10.2 Å². The molecule has 7 heteroatoms. The minimum absolute atomic E-state index is 0.153. The lowest BCUT2D eigenvalue weighted by molar-refractivity contribution is 0.516. The third kappa shape index (κ3) is 3.21. The third-order valence-corrected chi connectivity index (χ3v) is 4.93. The molecule has 1 saturated heterocycles. The highest BCUT2D eigenvalue weighted by molar-refractivity contribution is 5.67. The lowest BCUT2D eigenvalue weighted by Crippen LogP contribution is -2.39. The van der Waals surface area contributed by atoms with Crippen molar-refractivity contribution in [2.75, 3.05) is 23.3 Å². The number of hydrogen-bond acceptors (Lipinski definition) is 5. The number of aromatic nitrogens is 4. The average Bonchev–Trinajstić information content (AvgIpc) is 3.12. The number of rotatable bonds is 4. The van der Waals surface area contributed by atoms with E-state index in [1.165, 1.54) is 6.07 Å². The Labute approximate surface area is 152 Å². The van der Waals surface area contributed by atoms with Gasteiger partial charge in [-0.3, -0.25) is 0 Å². The van der Waals surface area contributed by atoms with Gasteiger partial charge in [-0.25, -0.2) is 4.39 Å². The standard InChI is InChI=1S/C19H23FN6/c1-13(2)16-11-17(19-23-21-12-26(19)24-16)22-14-7-9-25(10-8-14)18-6-4-3-5-15(18)20/h3-6,11-14,22H,7-10H2,1-2H3. The van der Waals surface area contributed by atoms with Crippen LogP contribution in [0.15, 0.2) is 36.7 Å². The summed E-state index contributed by atoms with van der Waals surface area (Å²) in [7, 11) is 0. The Balaban J connectivity index is 1.49. The molecule has 0 radical (unpaired) electrons. The normalized spacial score (nSPS) is 15.8. The fourth-order valence-corrected chi connectivity index (χ4v) is 3.43. The Kier molecular flexibility index (Phi) is 4.44. The van der Waals surface area contributed by atoms with Crippen LogP contribution in [0.2, 0.25) is 0 Å². The van der Waals surface area contributed by atoms with Gasteiger partial charge in [0.15, 0.2) is 0 Å². The minimum Gasteiger partial charge on any atom is -0.379 e. The molecule has 0 aliphatic carbocycles. The maximum absolute atomic E-state index is 14.0. The Morgan fingerprint density at radius 3 is 2.69 bits per heavy atom. The maximum Gasteiger partial charge on any atom is 0.200 e. The lowest BCUT2D eigenvalue weighted by Gasteiger charge is -2.34. The Morgan fingerprint density at radius 1 is 1.19 bits per heavy atom.